The first-order valence-corrected chi connectivity index (χ1v) is 6.31. The first-order chi connectivity index (χ1) is 7.76. The van der Waals surface area contributed by atoms with Crippen LogP contribution < -0.4 is 10.1 Å². The number of nitrogens with one attached hydrogen (secondary N) is 1. The highest BCUT2D eigenvalue weighted by Crippen LogP contribution is 2.05. The SMILES string of the molecule is CCC(CC)NCC(O)COc1cnsn1. The fraction of sp³-hybridized carbons (Fsp3) is 0.800. The third-order valence-corrected chi connectivity index (χ3v) is 2.85. The first kappa shape index (κ1) is 13.3. The Morgan fingerprint density at radius 1 is 1.50 bits per heavy atom. The summed E-state index contributed by atoms with van der Waals surface area (Å²) in [4.78, 5) is 0. The van der Waals surface area contributed by atoms with Gasteiger partial charge in [0.15, 0.2) is 0 Å². The molecule has 0 saturated heterocycles. The molecule has 0 radical (unpaired) electrons. The lowest BCUT2D eigenvalue weighted by molar-refractivity contribution is 0.101. The van der Waals surface area contributed by atoms with Gasteiger partial charge < -0.3 is 15.2 Å². The minimum absolute atomic E-state index is 0.249. The predicted octanol–water partition coefficient (Wildman–Crippen LogP) is 1.06. The molecule has 0 aliphatic rings. The average Bonchev–Trinajstić information content (AvgIpc) is 2.80. The molecule has 1 heterocycles. The second kappa shape index (κ2) is 7.54. The van der Waals surface area contributed by atoms with Crippen molar-refractivity contribution in [3.63, 3.8) is 0 Å². The van der Waals surface area contributed by atoms with Gasteiger partial charge in [-0.1, -0.05) is 13.8 Å². The van der Waals surface area contributed by atoms with E-state index < -0.39 is 6.10 Å². The van der Waals surface area contributed by atoms with E-state index in [2.05, 4.69) is 27.9 Å². The highest BCUT2D eigenvalue weighted by molar-refractivity contribution is 6.99. The van der Waals surface area contributed by atoms with Gasteiger partial charge >= 0.3 is 0 Å². The van der Waals surface area contributed by atoms with Gasteiger partial charge in [0.2, 0.25) is 5.88 Å². The van der Waals surface area contributed by atoms with Crippen molar-refractivity contribution in [1.82, 2.24) is 14.1 Å². The van der Waals surface area contributed by atoms with Crippen LogP contribution in [0.3, 0.4) is 0 Å². The molecule has 0 bridgehead atoms. The molecule has 0 saturated carbocycles. The molecular weight excluding hydrogens is 226 g/mol. The van der Waals surface area contributed by atoms with Gasteiger partial charge in [0, 0.05) is 12.6 Å². The normalized spacial score (nSPS) is 13.0. The zero-order valence-electron chi connectivity index (χ0n) is 9.72. The second-order valence-electron chi connectivity index (χ2n) is 3.63. The Kier molecular flexibility index (Phi) is 6.29. The number of aliphatic hydroxyl groups excluding tert-OH is 1. The van der Waals surface area contributed by atoms with Crippen molar-refractivity contribution < 1.29 is 9.84 Å². The van der Waals surface area contributed by atoms with E-state index in [0.29, 0.717) is 18.5 Å². The molecule has 2 N–H and O–H groups in total. The summed E-state index contributed by atoms with van der Waals surface area (Å²) >= 11 is 1.09. The maximum absolute atomic E-state index is 9.66. The van der Waals surface area contributed by atoms with E-state index in [1.807, 2.05) is 0 Å². The second-order valence-corrected chi connectivity index (χ2v) is 4.19. The van der Waals surface area contributed by atoms with E-state index in [1.165, 1.54) is 0 Å². The van der Waals surface area contributed by atoms with Crippen molar-refractivity contribution in [1.29, 1.82) is 0 Å². The Morgan fingerprint density at radius 3 is 2.81 bits per heavy atom. The van der Waals surface area contributed by atoms with Crippen LogP contribution in [-0.4, -0.2) is 39.2 Å². The van der Waals surface area contributed by atoms with E-state index in [4.69, 9.17) is 4.74 Å². The van der Waals surface area contributed by atoms with E-state index in [9.17, 15) is 5.11 Å². The predicted molar refractivity (Wildman–Crippen MR) is 63.8 cm³/mol. The molecule has 0 amide bonds. The molecule has 0 spiro atoms. The molecule has 1 atom stereocenters. The quantitative estimate of drug-likeness (QED) is 0.716. The number of hydrogen-bond acceptors (Lipinski definition) is 6. The summed E-state index contributed by atoms with van der Waals surface area (Å²) in [6.07, 6.45) is 3.17. The van der Waals surface area contributed by atoms with Crippen LogP contribution >= 0.6 is 11.7 Å². The summed E-state index contributed by atoms with van der Waals surface area (Å²) in [6.45, 7) is 5.05. The van der Waals surface area contributed by atoms with Crippen LogP contribution in [0.1, 0.15) is 26.7 Å². The zero-order chi connectivity index (χ0) is 11.8. The lowest BCUT2D eigenvalue weighted by atomic mass is 10.1. The monoisotopic (exact) mass is 245 g/mol. The maximum atomic E-state index is 9.66. The lowest BCUT2D eigenvalue weighted by Crippen LogP contribution is -2.37. The minimum Gasteiger partial charge on any atom is -0.473 e. The van der Waals surface area contributed by atoms with Crippen molar-refractivity contribution in [3.8, 4) is 5.88 Å². The van der Waals surface area contributed by atoms with E-state index in [0.717, 1.165) is 24.6 Å². The van der Waals surface area contributed by atoms with Crippen LogP contribution in [0.15, 0.2) is 6.20 Å². The minimum atomic E-state index is -0.512. The van der Waals surface area contributed by atoms with Gasteiger partial charge in [-0.25, -0.2) is 0 Å². The molecule has 0 aliphatic carbocycles. The maximum Gasteiger partial charge on any atom is 0.245 e. The topological polar surface area (TPSA) is 67.3 Å². The standard InChI is InChI=1S/C10H19N3O2S/c1-3-8(4-2)11-5-9(14)7-15-10-6-12-16-13-10/h6,8-9,11,14H,3-5,7H2,1-2H3. The third kappa shape index (κ3) is 4.87. The van der Waals surface area contributed by atoms with Gasteiger partial charge in [0.25, 0.3) is 0 Å². The Labute approximate surface area is 100 Å². The molecular formula is C10H19N3O2S. The highest BCUT2D eigenvalue weighted by atomic mass is 32.1. The van der Waals surface area contributed by atoms with Gasteiger partial charge in [-0.2, -0.15) is 4.37 Å². The molecule has 16 heavy (non-hydrogen) atoms. The Hall–Kier alpha value is -0.720. The third-order valence-electron chi connectivity index (χ3n) is 2.39. The molecule has 0 aromatic carbocycles. The average molecular weight is 245 g/mol. The zero-order valence-corrected chi connectivity index (χ0v) is 10.5. The fourth-order valence-electron chi connectivity index (χ4n) is 1.34. The van der Waals surface area contributed by atoms with Gasteiger partial charge in [0.05, 0.1) is 11.7 Å². The summed E-state index contributed by atoms with van der Waals surface area (Å²) in [5, 5.41) is 12.9. The van der Waals surface area contributed by atoms with Gasteiger partial charge in [-0.05, 0) is 12.8 Å². The number of nitrogens with zero attached hydrogens (tertiary/aromatic N) is 2. The van der Waals surface area contributed by atoms with Crippen molar-refractivity contribution >= 4 is 11.7 Å². The van der Waals surface area contributed by atoms with Crippen LogP contribution in [0, 0.1) is 0 Å². The van der Waals surface area contributed by atoms with E-state index >= 15 is 0 Å². The molecule has 0 aliphatic heterocycles. The van der Waals surface area contributed by atoms with Crippen LogP contribution in [0.25, 0.3) is 0 Å². The smallest absolute Gasteiger partial charge is 0.245 e. The number of aliphatic hydroxyl groups is 1. The molecule has 1 aromatic rings. The van der Waals surface area contributed by atoms with Gasteiger partial charge in [-0.3, -0.25) is 0 Å². The van der Waals surface area contributed by atoms with Crippen molar-refractivity contribution in [2.24, 2.45) is 0 Å². The molecule has 1 aromatic heterocycles. The van der Waals surface area contributed by atoms with Crippen LogP contribution in [0.2, 0.25) is 0 Å². The summed E-state index contributed by atoms with van der Waals surface area (Å²) in [5.41, 5.74) is 0. The Morgan fingerprint density at radius 2 is 2.25 bits per heavy atom. The number of hydrogen-bond donors (Lipinski definition) is 2. The first-order valence-electron chi connectivity index (χ1n) is 5.58. The fourth-order valence-corrected chi connectivity index (χ4v) is 1.70. The molecule has 92 valence electrons. The molecule has 0 fully saturated rings. The van der Waals surface area contributed by atoms with Gasteiger partial charge in [0.1, 0.15) is 18.9 Å². The van der Waals surface area contributed by atoms with E-state index in [-0.39, 0.29) is 6.61 Å². The van der Waals surface area contributed by atoms with E-state index in [1.54, 1.807) is 6.20 Å². The molecule has 6 heteroatoms. The highest BCUT2D eigenvalue weighted by Gasteiger charge is 2.09. The largest absolute Gasteiger partial charge is 0.473 e. The Balaban J connectivity index is 2.13. The Bertz CT molecular complexity index is 265. The molecule has 1 rings (SSSR count). The summed E-state index contributed by atoms with van der Waals surface area (Å²) in [5.74, 6) is 0.478. The van der Waals surface area contributed by atoms with Crippen molar-refractivity contribution in [2.45, 2.75) is 38.8 Å². The van der Waals surface area contributed by atoms with Gasteiger partial charge in [-0.15, -0.1) is 4.37 Å². The molecule has 5 nitrogen and oxygen atoms in total. The summed E-state index contributed by atoms with van der Waals surface area (Å²) < 4.78 is 13.0. The number of ether oxygens (including phenoxy) is 1. The lowest BCUT2D eigenvalue weighted by Gasteiger charge is -2.17. The van der Waals surface area contributed by atoms with Crippen molar-refractivity contribution in [2.75, 3.05) is 13.2 Å². The van der Waals surface area contributed by atoms with Crippen LogP contribution in [0.4, 0.5) is 0 Å². The summed E-state index contributed by atoms with van der Waals surface area (Å²) in [6, 6.07) is 0.468. The van der Waals surface area contributed by atoms with Crippen molar-refractivity contribution in [3.05, 3.63) is 6.20 Å². The summed E-state index contributed by atoms with van der Waals surface area (Å²) in [7, 11) is 0. The molecule has 1 unspecified atom stereocenters. The number of aromatic nitrogens is 2. The van der Waals surface area contributed by atoms with Crippen LogP contribution in [-0.2, 0) is 0 Å². The number of rotatable bonds is 8. The van der Waals surface area contributed by atoms with Crippen LogP contribution in [0.5, 0.6) is 5.88 Å².